The lowest BCUT2D eigenvalue weighted by molar-refractivity contribution is -0.122. The van der Waals surface area contributed by atoms with Gasteiger partial charge in [-0.3, -0.25) is 14.6 Å². The number of aromatic carboxylic acids is 1. The summed E-state index contributed by atoms with van der Waals surface area (Å²) in [5.74, 6) is -2.05. The number of fused-ring (bicyclic) bond motifs is 1. The fraction of sp³-hybridized carbons (Fsp3) is 0.385. The molecule has 98 valence electrons. The molecule has 1 aliphatic carbocycles. The fourth-order valence-corrected chi connectivity index (χ4v) is 2.91. The number of aromatic nitrogens is 1. The first-order chi connectivity index (χ1) is 9.09. The fourth-order valence-electron chi connectivity index (χ4n) is 2.91. The van der Waals surface area contributed by atoms with Crippen molar-refractivity contribution in [2.24, 2.45) is 11.8 Å². The topological polar surface area (TPSA) is 87.6 Å². The van der Waals surface area contributed by atoms with Crippen LogP contribution in [0.3, 0.4) is 0 Å². The molecule has 2 amide bonds. The lowest BCUT2D eigenvalue weighted by Gasteiger charge is -2.15. The number of anilines is 1. The Balaban J connectivity index is 1.98. The number of rotatable bonds is 2. The maximum atomic E-state index is 12.2. The van der Waals surface area contributed by atoms with Crippen LogP contribution in [-0.2, 0) is 9.59 Å². The normalized spacial score (nSPS) is 25.8. The number of nitrogens with zero attached hydrogens (tertiary/aromatic N) is 2. The highest BCUT2D eigenvalue weighted by Crippen LogP contribution is 2.41. The van der Waals surface area contributed by atoms with E-state index in [1.54, 1.807) is 0 Å². The molecule has 2 fully saturated rings. The Bertz CT molecular complexity index is 562. The minimum absolute atomic E-state index is 0.0323. The average molecular weight is 260 g/mol. The standard InChI is InChI=1S/C13H12N2O4/c16-11-9-2-1-3-10(9)12(17)15(11)8-4-7(13(18)19)5-14-6-8/h4-6,9-10H,1-3H2,(H,18,19). The van der Waals surface area contributed by atoms with Gasteiger partial charge in [0.15, 0.2) is 0 Å². The predicted octanol–water partition coefficient (Wildman–Crippen LogP) is 1.07. The Hall–Kier alpha value is -2.24. The van der Waals surface area contributed by atoms with Gasteiger partial charge in [0.2, 0.25) is 11.8 Å². The molecular weight excluding hydrogens is 248 g/mol. The van der Waals surface area contributed by atoms with Gasteiger partial charge in [0.1, 0.15) is 0 Å². The van der Waals surface area contributed by atoms with Gasteiger partial charge in [-0.05, 0) is 18.9 Å². The molecule has 1 aromatic heterocycles. The van der Waals surface area contributed by atoms with Gasteiger partial charge in [0.25, 0.3) is 0 Å². The number of amides is 2. The van der Waals surface area contributed by atoms with Crippen LogP contribution < -0.4 is 4.90 Å². The molecule has 0 spiro atoms. The summed E-state index contributed by atoms with van der Waals surface area (Å²) in [4.78, 5) is 40.2. The third kappa shape index (κ3) is 1.71. The third-order valence-electron chi connectivity index (χ3n) is 3.82. The van der Waals surface area contributed by atoms with E-state index in [9.17, 15) is 14.4 Å². The average Bonchev–Trinajstić information content (AvgIpc) is 2.95. The number of pyridine rings is 1. The van der Waals surface area contributed by atoms with Crippen molar-refractivity contribution >= 4 is 23.5 Å². The summed E-state index contributed by atoms with van der Waals surface area (Å²) in [5.41, 5.74) is 0.222. The van der Waals surface area contributed by atoms with E-state index in [-0.39, 0.29) is 34.9 Å². The van der Waals surface area contributed by atoms with Gasteiger partial charge in [-0.2, -0.15) is 0 Å². The van der Waals surface area contributed by atoms with Gasteiger partial charge in [-0.25, -0.2) is 9.69 Å². The van der Waals surface area contributed by atoms with Crippen LogP contribution >= 0.6 is 0 Å². The van der Waals surface area contributed by atoms with E-state index in [0.29, 0.717) is 0 Å². The summed E-state index contributed by atoms with van der Waals surface area (Å²) in [6.45, 7) is 0. The zero-order valence-electron chi connectivity index (χ0n) is 10.1. The van der Waals surface area contributed by atoms with E-state index < -0.39 is 5.97 Å². The Labute approximate surface area is 109 Å². The molecule has 0 bridgehead atoms. The maximum absolute atomic E-state index is 12.2. The molecule has 2 aliphatic rings. The predicted molar refractivity (Wildman–Crippen MR) is 64.5 cm³/mol. The van der Waals surface area contributed by atoms with Crippen molar-refractivity contribution < 1.29 is 19.5 Å². The van der Waals surface area contributed by atoms with Gasteiger partial charge in [-0.15, -0.1) is 0 Å². The first-order valence-electron chi connectivity index (χ1n) is 6.16. The summed E-state index contributed by atoms with van der Waals surface area (Å²) in [7, 11) is 0. The highest BCUT2D eigenvalue weighted by atomic mass is 16.4. The van der Waals surface area contributed by atoms with Crippen LogP contribution in [0.15, 0.2) is 18.5 Å². The Morgan fingerprint density at radius 2 is 1.84 bits per heavy atom. The molecule has 2 atom stereocenters. The lowest BCUT2D eigenvalue weighted by atomic mass is 10.00. The van der Waals surface area contributed by atoms with Gasteiger partial charge in [0.05, 0.1) is 29.3 Å². The van der Waals surface area contributed by atoms with Crippen molar-refractivity contribution in [3.8, 4) is 0 Å². The molecule has 0 aromatic carbocycles. The number of carbonyl (C=O) groups is 3. The largest absolute Gasteiger partial charge is 0.478 e. The number of carbonyl (C=O) groups excluding carboxylic acids is 2. The second-order valence-corrected chi connectivity index (χ2v) is 4.89. The van der Waals surface area contributed by atoms with E-state index >= 15 is 0 Å². The van der Waals surface area contributed by atoms with Crippen molar-refractivity contribution in [1.82, 2.24) is 4.98 Å². The molecule has 1 saturated carbocycles. The summed E-state index contributed by atoms with van der Waals surface area (Å²) in [5, 5.41) is 8.92. The van der Waals surface area contributed by atoms with Crippen LogP contribution in [0.5, 0.6) is 0 Å². The molecule has 1 N–H and O–H groups in total. The molecule has 2 unspecified atom stereocenters. The van der Waals surface area contributed by atoms with E-state index in [0.717, 1.165) is 24.2 Å². The second-order valence-electron chi connectivity index (χ2n) is 4.89. The first kappa shape index (κ1) is 11.8. The molecule has 19 heavy (non-hydrogen) atoms. The number of carboxylic acid groups (broad SMARTS) is 1. The highest BCUT2D eigenvalue weighted by Gasteiger charge is 2.50. The van der Waals surface area contributed by atoms with Crippen molar-refractivity contribution in [2.45, 2.75) is 19.3 Å². The maximum Gasteiger partial charge on any atom is 0.337 e. The van der Waals surface area contributed by atoms with Gasteiger partial charge >= 0.3 is 5.97 Å². The summed E-state index contributed by atoms with van der Waals surface area (Å²) >= 11 is 0. The second kappa shape index (κ2) is 4.15. The highest BCUT2D eigenvalue weighted by molar-refractivity contribution is 6.22. The quantitative estimate of drug-likeness (QED) is 0.803. The van der Waals surface area contributed by atoms with Crippen LogP contribution in [-0.4, -0.2) is 27.9 Å². The van der Waals surface area contributed by atoms with Gasteiger partial charge < -0.3 is 5.11 Å². The molecule has 1 aliphatic heterocycles. The Morgan fingerprint density at radius 1 is 1.21 bits per heavy atom. The van der Waals surface area contributed by atoms with E-state index in [1.807, 2.05) is 0 Å². The van der Waals surface area contributed by atoms with Crippen LogP contribution in [0.25, 0.3) is 0 Å². The molecule has 1 aromatic rings. The minimum atomic E-state index is -1.13. The molecule has 2 heterocycles. The van der Waals surface area contributed by atoms with Crippen LogP contribution in [0.1, 0.15) is 29.6 Å². The number of carboxylic acids is 1. The van der Waals surface area contributed by atoms with E-state index in [2.05, 4.69) is 4.98 Å². The number of imide groups is 1. The SMILES string of the molecule is O=C(O)c1cncc(N2C(=O)C3CCCC3C2=O)c1. The van der Waals surface area contributed by atoms with Gasteiger partial charge in [-0.1, -0.05) is 6.42 Å². The summed E-state index contributed by atoms with van der Waals surface area (Å²) in [6.07, 6.45) is 4.91. The van der Waals surface area contributed by atoms with Crippen molar-refractivity contribution in [1.29, 1.82) is 0 Å². The molecule has 6 nitrogen and oxygen atoms in total. The molecule has 6 heteroatoms. The molecular formula is C13H12N2O4. The number of hydrogen-bond acceptors (Lipinski definition) is 4. The monoisotopic (exact) mass is 260 g/mol. The molecule has 3 rings (SSSR count). The first-order valence-corrected chi connectivity index (χ1v) is 6.16. The summed E-state index contributed by atoms with van der Waals surface area (Å²) < 4.78 is 0. The zero-order chi connectivity index (χ0) is 13.6. The number of hydrogen-bond donors (Lipinski definition) is 1. The van der Waals surface area contributed by atoms with Crippen molar-refractivity contribution in [2.75, 3.05) is 4.90 Å². The smallest absolute Gasteiger partial charge is 0.337 e. The molecule has 1 saturated heterocycles. The van der Waals surface area contributed by atoms with Crippen molar-refractivity contribution in [3.05, 3.63) is 24.0 Å². The molecule has 0 radical (unpaired) electrons. The minimum Gasteiger partial charge on any atom is -0.478 e. The van der Waals surface area contributed by atoms with Gasteiger partial charge in [0, 0.05) is 6.20 Å². The Morgan fingerprint density at radius 3 is 2.42 bits per heavy atom. The summed E-state index contributed by atoms with van der Waals surface area (Å²) in [6, 6.07) is 1.31. The third-order valence-corrected chi connectivity index (χ3v) is 3.82. The zero-order valence-corrected chi connectivity index (χ0v) is 10.1. The Kier molecular flexibility index (Phi) is 2.58. The van der Waals surface area contributed by atoms with Crippen LogP contribution in [0.2, 0.25) is 0 Å². The van der Waals surface area contributed by atoms with Crippen LogP contribution in [0, 0.1) is 11.8 Å². The van der Waals surface area contributed by atoms with Crippen LogP contribution in [0.4, 0.5) is 5.69 Å². The van der Waals surface area contributed by atoms with E-state index in [4.69, 9.17) is 5.11 Å². The van der Waals surface area contributed by atoms with Crippen molar-refractivity contribution in [3.63, 3.8) is 0 Å². The van der Waals surface area contributed by atoms with E-state index in [1.165, 1.54) is 18.5 Å². The lowest BCUT2D eigenvalue weighted by Crippen LogP contribution is -2.31.